The van der Waals surface area contributed by atoms with E-state index in [2.05, 4.69) is 0 Å². The van der Waals surface area contributed by atoms with Crippen LogP contribution in [0.3, 0.4) is 0 Å². The van der Waals surface area contributed by atoms with Crippen LogP contribution in [0, 0.1) is 0 Å². The summed E-state index contributed by atoms with van der Waals surface area (Å²) >= 11 is 0. The Morgan fingerprint density at radius 1 is 1.21 bits per heavy atom. The molecule has 0 saturated carbocycles. The first-order valence-electron chi connectivity index (χ1n) is 4.97. The lowest BCUT2D eigenvalue weighted by Crippen LogP contribution is -2.31. The molecule has 2 heterocycles. The minimum absolute atomic E-state index is 0.177. The van der Waals surface area contributed by atoms with E-state index in [1.54, 1.807) is 0 Å². The molecule has 2 atom stereocenters. The molecule has 2 bridgehead atoms. The Bertz CT molecular complexity index is 321. The van der Waals surface area contributed by atoms with E-state index >= 15 is 0 Å². The van der Waals surface area contributed by atoms with Crippen molar-refractivity contribution < 1.29 is 14.5 Å². The molecule has 74 valence electrons. The van der Waals surface area contributed by atoms with Crippen molar-refractivity contribution in [1.29, 1.82) is 0 Å². The molecule has 2 fully saturated rings. The van der Waals surface area contributed by atoms with Crippen molar-refractivity contribution in [2.45, 2.75) is 31.3 Å². The largest absolute Gasteiger partial charge is 0.311 e. The number of hydrogen-bond donors (Lipinski definition) is 0. The molecule has 1 aromatic rings. The average molecular weight is 192 g/mol. The van der Waals surface area contributed by atoms with Crippen LogP contribution in [0.25, 0.3) is 0 Å². The van der Waals surface area contributed by atoms with Crippen LogP contribution in [-0.4, -0.2) is 6.29 Å². The van der Waals surface area contributed by atoms with Crippen LogP contribution >= 0.6 is 0 Å². The standard InChI is InChI=1S/C11H12O3/c1-2-5-9(6-3-1)11-8-4-7-10(12-11)13-14-11/h1-3,5-6,10H,4,7-8H2/t10-,11-/m0/s1. The highest BCUT2D eigenvalue weighted by molar-refractivity contribution is 5.21. The van der Waals surface area contributed by atoms with E-state index in [0.717, 1.165) is 24.8 Å². The number of fused-ring (bicyclic) bond motifs is 2. The van der Waals surface area contributed by atoms with Gasteiger partial charge in [-0.1, -0.05) is 30.3 Å². The molecule has 1 aromatic carbocycles. The maximum absolute atomic E-state index is 5.73. The Kier molecular flexibility index (Phi) is 1.83. The molecule has 0 spiro atoms. The second-order valence-corrected chi connectivity index (χ2v) is 3.74. The summed E-state index contributed by atoms with van der Waals surface area (Å²) in [4.78, 5) is 10.4. The zero-order valence-corrected chi connectivity index (χ0v) is 7.81. The summed E-state index contributed by atoms with van der Waals surface area (Å²) in [6.45, 7) is 0. The maximum Gasteiger partial charge on any atom is 0.230 e. The van der Waals surface area contributed by atoms with Gasteiger partial charge in [-0.05, 0) is 6.42 Å². The normalized spacial score (nSPS) is 35.9. The molecule has 0 N–H and O–H groups in total. The first kappa shape index (κ1) is 8.41. The van der Waals surface area contributed by atoms with Crippen molar-refractivity contribution in [1.82, 2.24) is 0 Å². The van der Waals surface area contributed by atoms with Gasteiger partial charge in [0.15, 0.2) is 6.29 Å². The van der Waals surface area contributed by atoms with E-state index in [9.17, 15) is 0 Å². The van der Waals surface area contributed by atoms with E-state index in [1.165, 1.54) is 0 Å². The first-order chi connectivity index (χ1) is 6.89. The molecule has 2 saturated heterocycles. The molecule has 2 aliphatic rings. The summed E-state index contributed by atoms with van der Waals surface area (Å²) in [7, 11) is 0. The average Bonchev–Trinajstić information content (AvgIpc) is 2.57. The third kappa shape index (κ3) is 1.17. The van der Waals surface area contributed by atoms with Gasteiger partial charge in [-0.25, -0.2) is 4.89 Å². The van der Waals surface area contributed by atoms with Crippen LogP contribution in [-0.2, 0) is 20.3 Å². The molecule has 0 amide bonds. The molecular formula is C11H12O3. The molecule has 0 aliphatic carbocycles. The number of benzene rings is 1. The summed E-state index contributed by atoms with van der Waals surface area (Å²) in [5, 5.41) is 0. The fourth-order valence-corrected chi connectivity index (χ4v) is 2.04. The van der Waals surface area contributed by atoms with Gasteiger partial charge < -0.3 is 4.74 Å². The molecule has 14 heavy (non-hydrogen) atoms. The van der Waals surface area contributed by atoms with Crippen molar-refractivity contribution in [2.24, 2.45) is 0 Å². The minimum Gasteiger partial charge on any atom is -0.311 e. The van der Waals surface area contributed by atoms with Crippen LogP contribution < -0.4 is 0 Å². The Hall–Kier alpha value is -0.900. The summed E-state index contributed by atoms with van der Waals surface area (Å²) in [5.41, 5.74) is 1.04. The molecule has 0 unspecified atom stereocenters. The summed E-state index contributed by atoms with van der Waals surface area (Å²) < 4.78 is 5.73. The second-order valence-electron chi connectivity index (χ2n) is 3.74. The highest BCUT2D eigenvalue weighted by Crippen LogP contribution is 2.44. The topological polar surface area (TPSA) is 27.7 Å². The zero-order chi connectivity index (χ0) is 9.43. The third-order valence-electron chi connectivity index (χ3n) is 2.77. The Labute approximate surface area is 82.5 Å². The van der Waals surface area contributed by atoms with Crippen molar-refractivity contribution >= 4 is 0 Å². The van der Waals surface area contributed by atoms with Gasteiger partial charge in [-0.2, -0.15) is 4.89 Å². The van der Waals surface area contributed by atoms with Crippen LogP contribution in [0.4, 0.5) is 0 Å². The fourth-order valence-electron chi connectivity index (χ4n) is 2.04. The number of rotatable bonds is 1. The highest BCUT2D eigenvalue weighted by Gasteiger charge is 2.47. The van der Waals surface area contributed by atoms with Gasteiger partial charge in [0.1, 0.15) is 0 Å². The molecule has 0 radical (unpaired) electrons. The maximum atomic E-state index is 5.73. The van der Waals surface area contributed by atoms with E-state index in [4.69, 9.17) is 14.5 Å². The van der Waals surface area contributed by atoms with Crippen LogP contribution in [0.5, 0.6) is 0 Å². The molecule has 2 aliphatic heterocycles. The lowest BCUT2D eigenvalue weighted by atomic mass is 9.97. The van der Waals surface area contributed by atoms with Gasteiger partial charge in [0.2, 0.25) is 5.79 Å². The van der Waals surface area contributed by atoms with Crippen LogP contribution in [0.2, 0.25) is 0 Å². The highest BCUT2D eigenvalue weighted by atomic mass is 17.3. The van der Waals surface area contributed by atoms with Crippen molar-refractivity contribution in [3.63, 3.8) is 0 Å². The molecule has 3 heteroatoms. The summed E-state index contributed by atoms with van der Waals surface area (Å²) in [6, 6.07) is 9.97. The molecular weight excluding hydrogens is 180 g/mol. The fraction of sp³-hybridized carbons (Fsp3) is 0.455. The molecule has 3 nitrogen and oxygen atoms in total. The van der Waals surface area contributed by atoms with Gasteiger partial charge in [0, 0.05) is 18.4 Å². The number of ether oxygens (including phenoxy) is 1. The van der Waals surface area contributed by atoms with Crippen molar-refractivity contribution in [3.05, 3.63) is 35.9 Å². The zero-order valence-electron chi connectivity index (χ0n) is 7.81. The van der Waals surface area contributed by atoms with Gasteiger partial charge in [-0.3, -0.25) is 0 Å². The van der Waals surface area contributed by atoms with Gasteiger partial charge in [0.05, 0.1) is 0 Å². The second kappa shape index (κ2) is 3.05. The van der Waals surface area contributed by atoms with E-state index < -0.39 is 5.79 Å². The Morgan fingerprint density at radius 3 is 2.93 bits per heavy atom. The predicted molar refractivity (Wildman–Crippen MR) is 49.0 cm³/mol. The SMILES string of the molecule is c1ccc([C@]23CCC[C@H](OO2)O3)cc1. The van der Waals surface area contributed by atoms with Gasteiger partial charge in [-0.15, -0.1) is 0 Å². The quantitative estimate of drug-likeness (QED) is 0.639. The number of hydrogen-bond acceptors (Lipinski definition) is 3. The van der Waals surface area contributed by atoms with Gasteiger partial charge >= 0.3 is 0 Å². The van der Waals surface area contributed by atoms with Crippen LogP contribution in [0.1, 0.15) is 24.8 Å². The first-order valence-corrected chi connectivity index (χ1v) is 4.97. The monoisotopic (exact) mass is 192 g/mol. The smallest absolute Gasteiger partial charge is 0.230 e. The molecule has 3 rings (SSSR count). The third-order valence-corrected chi connectivity index (χ3v) is 2.77. The van der Waals surface area contributed by atoms with E-state index in [0.29, 0.717) is 0 Å². The van der Waals surface area contributed by atoms with Crippen LogP contribution in [0.15, 0.2) is 30.3 Å². The van der Waals surface area contributed by atoms with E-state index in [1.807, 2.05) is 30.3 Å². The predicted octanol–water partition coefficient (Wildman–Crippen LogP) is 2.33. The van der Waals surface area contributed by atoms with Gasteiger partial charge in [0.25, 0.3) is 0 Å². The van der Waals surface area contributed by atoms with E-state index in [-0.39, 0.29) is 6.29 Å². The Morgan fingerprint density at radius 2 is 2.07 bits per heavy atom. The Balaban J connectivity index is 1.97. The summed E-state index contributed by atoms with van der Waals surface area (Å²) in [6.07, 6.45) is 2.70. The molecule has 0 aromatic heterocycles. The lowest BCUT2D eigenvalue weighted by Gasteiger charge is -2.28. The lowest BCUT2D eigenvalue weighted by molar-refractivity contribution is -0.331. The van der Waals surface area contributed by atoms with Crippen molar-refractivity contribution in [2.75, 3.05) is 0 Å². The summed E-state index contributed by atoms with van der Waals surface area (Å²) in [5.74, 6) is -0.635. The minimum atomic E-state index is -0.635. The van der Waals surface area contributed by atoms with Crippen molar-refractivity contribution in [3.8, 4) is 0 Å².